The highest BCUT2D eigenvalue weighted by Crippen LogP contribution is 2.23. The van der Waals surface area contributed by atoms with Gasteiger partial charge in [0.1, 0.15) is 0 Å². The maximum absolute atomic E-state index is 11.9. The summed E-state index contributed by atoms with van der Waals surface area (Å²) in [6.07, 6.45) is 0. The van der Waals surface area contributed by atoms with Crippen molar-refractivity contribution < 1.29 is 9.59 Å². The van der Waals surface area contributed by atoms with Crippen LogP contribution in [0.1, 0.15) is 24.2 Å². The average Bonchev–Trinajstić information content (AvgIpc) is 2.39. The summed E-state index contributed by atoms with van der Waals surface area (Å²) in [4.78, 5) is 23.4. The van der Waals surface area contributed by atoms with Crippen molar-refractivity contribution >= 4 is 29.1 Å². The van der Waals surface area contributed by atoms with Gasteiger partial charge >= 0.3 is 0 Å². The van der Waals surface area contributed by atoms with Crippen LogP contribution in [0.25, 0.3) is 0 Å². The van der Waals surface area contributed by atoms with Gasteiger partial charge in [0, 0.05) is 18.7 Å². The monoisotopic (exact) mass is 283 g/mol. The molecule has 104 valence electrons. The van der Waals surface area contributed by atoms with Gasteiger partial charge in [-0.25, -0.2) is 0 Å². The summed E-state index contributed by atoms with van der Waals surface area (Å²) in [6, 6.07) is 4.43. The molecule has 0 spiro atoms. The molecule has 1 aromatic carbocycles. The van der Waals surface area contributed by atoms with E-state index in [2.05, 4.69) is 10.6 Å². The Morgan fingerprint density at radius 3 is 2.47 bits per heavy atom. The van der Waals surface area contributed by atoms with Gasteiger partial charge in [-0.05, 0) is 25.1 Å². The van der Waals surface area contributed by atoms with Crippen molar-refractivity contribution in [2.45, 2.75) is 19.9 Å². The third-order valence-electron chi connectivity index (χ3n) is 2.92. The van der Waals surface area contributed by atoms with Crippen LogP contribution in [0.5, 0.6) is 0 Å². The van der Waals surface area contributed by atoms with E-state index >= 15 is 0 Å². The molecule has 1 aromatic rings. The van der Waals surface area contributed by atoms with Crippen LogP contribution in [0, 0.1) is 5.92 Å². The first-order chi connectivity index (χ1) is 8.86. The van der Waals surface area contributed by atoms with E-state index in [0.717, 1.165) is 0 Å². The van der Waals surface area contributed by atoms with Crippen LogP contribution in [-0.2, 0) is 4.79 Å². The van der Waals surface area contributed by atoms with Gasteiger partial charge < -0.3 is 16.4 Å². The van der Waals surface area contributed by atoms with Crippen LogP contribution in [0.3, 0.4) is 0 Å². The normalized spacial score (nSPS) is 13.5. The molecule has 0 radical (unpaired) electrons. The SMILES string of the molecule is CNC(=O)c1ccc(Cl)c(NC(=O)C(C)C(C)N)c1. The Bertz CT molecular complexity index is 489. The second-order valence-electron chi connectivity index (χ2n) is 4.41. The molecule has 0 fully saturated rings. The lowest BCUT2D eigenvalue weighted by atomic mass is 10.0. The second-order valence-corrected chi connectivity index (χ2v) is 4.82. The molecular formula is C13H18ClN3O2. The first-order valence-corrected chi connectivity index (χ1v) is 6.32. The topological polar surface area (TPSA) is 84.2 Å². The van der Waals surface area contributed by atoms with E-state index in [-0.39, 0.29) is 23.8 Å². The summed E-state index contributed by atoms with van der Waals surface area (Å²) in [7, 11) is 1.54. The van der Waals surface area contributed by atoms with Crippen LogP contribution >= 0.6 is 11.6 Å². The molecule has 2 unspecified atom stereocenters. The van der Waals surface area contributed by atoms with Gasteiger partial charge in [0.05, 0.1) is 16.6 Å². The summed E-state index contributed by atoms with van der Waals surface area (Å²) < 4.78 is 0. The van der Waals surface area contributed by atoms with Crippen LogP contribution in [0.15, 0.2) is 18.2 Å². The van der Waals surface area contributed by atoms with Crippen molar-refractivity contribution in [3.63, 3.8) is 0 Å². The van der Waals surface area contributed by atoms with E-state index in [1.54, 1.807) is 26.0 Å². The zero-order chi connectivity index (χ0) is 14.6. The summed E-state index contributed by atoms with van der Waals surface area (Å²) in [5.41, 5.74) is 6.50. The van der Waals surface area contributed by atoms with Crippen molar-refractivity contribution in [2.75, 3.05) is 12.4 Å². The van der Waals surface area contributed by atoms with Crippen molar-refractivity contribution in [1.29, 1.82) is 0 Å². The Balaban J connectivity index is 2.94. The summed E-state index contributed by atoms with van der Waals surface area (Å²) in [6.45, 7) is 3.49. The Morgan fingerprint density at radius 2 is 1.95 bits per heavy atom. The first-order valence-electron chi connectivity index (χ1n) is 5.95. The molecule has 6 heteroatoms. The second kappa shape index (κ2) is 6.54. The lowest BCUT2D eigenvalue weighted by Gasteiger charge is -2.16. The largest absolute Gasteiger partial charge is 0.355 e. The van der Waals surface area contributed by atoms with E-state index in [4.69, 9.17) is 17.3 Å². The molecule has 0 aliphatic heterocycles. The predicted octanol–water partition coefficient (Wildman–Crippen LogP) is 1.62. The fourth-order valence-corrected chi connectivity index (χ4v) is 1.56. The number of halogens is 1. The number of anilines is 1. The number of amides is 2. The molecule has 1 rings (SSSR count). The lowest BCUT2D eigenvalue weighted by molar-refractivity contribution is -0.119. The Kier molecular flexibility index (Phi) is 5.32. The van der Waals surface area contributed by atoms with E-state index in [1.165, 1.54) is 13.1 Å². The fourth-order valence-electron chi connectivity index (χ4n) is 1.39. The maximum atomic E-state index is 11.9. The van der Waals surface area contributed by atoms with Gasteiger partial charge in [-0.1, -0.05) is 18.5 Å². The van der Waals surface area contributed by atoms with E-state index in [0.29, 0.717) is 16.3 Å². The van der Waals surface area contributed by atoms with Crippen molar-refractivity contribution in [3.05, 3.63) is 28.8 Å². The molecule has 0 aromatic heterocycles. The first kappa shape index (κ1) is 15.5. The van der Waals surface area contributed by atoms with Gasteiger partial charge in [0.25, 0.3) is 5.91 Å². The minimum absolute atomic E-state index is 0.231. The Labute approximate surface area is 117 Å². The standard InChI is InChI=1S/C13H18ClN3O2/c1-7(8(2)15)12(18)17-11-6-9(13(19)16-3)4-5-10(11)14/h4-8H,15H2,1-3H3,(H,16,19)(H,17,18). The minimum atomic E-state index is -0.347. The number of carbonyl (C=O) groups excluding carboxylic acids is 2. The molecule has 5 nitrogen and oxygen atoms in total. The summed E-state index contributed by atoms with van der Waals surface area (Å²) in [5.74, 6) is -0.821. The van der Waals surface area contributed by atoms with Crippen LogP contribution in [-0.4, -0.2) is 24.9 Å². The smallest absolute Gasteiger partial charge is 0.251 e. The van der Waals surface area contributed by atoms with Crippen LogP contribution < -0.4 is 16.4 Å². The number of hydrogen-bond acceptors (Lipinski definition) is 3. The van der Waals surface area contributed by atoms with Gasteiger partial charge in [0.15, 0.2) is 0 Å². The zero-order valence-corrected chi connectivity index (χ0v) is 11.9. The van der Waals surface area contributed by atoms with E-state index < -0.39 is 0 Å². The highest BCUT2D eigenvalue weighted by molar-refractivity contribution is 6.33. The van der Waals surface area contributed by atoms with Crippen LogP contribution in [0.2, 0.25) is 5.02 Å². The number of hydrogen-bond donors (Lipinski definition) is 3. The lowest BCUT2D eigenvalue weighted by Crippen LogP contribution is -2.34. The van der Waals surface area contributed by atoms with E-state index in [9.17, 15) is 9.59 Å². The molecule has 0 saturated heterocycles. The molecule has 19 heavy (non-hydrogen) atoms. The van der Waals surface area contributed by atoms with Crippen molar-refractivity contribution in [2.24, 2.45) is 11.7 Å². The number of nitrogens with two attached hydrogens (primary N) is 1. The van der Waals surface area contributed by atoms with Crippen molar-refractivity contribution in [3.8, 4) is 0 Å². The van der Waals surface area contributed by atoms with Gasteiger partial charge in [-0.2, -0.15) is 0 Å². The van der Waals surface area contributed by atoms with E-state index in [1.807, 2.05) is 0 Å². The molecule has 2 amide bonds. The third kappa shape index (κ3) is 3.94. The molecule has 4 N–H and O–H groups in total. The zero-order valence-electron chi connectivity index (χ0n) is 11.2. The minimum Gasteiger partial charge on any atom is -0.355 e. The van der Waals surface area contributed by atoms with Crippen LogP contribution in [0.4, 0.5) is 5.69 Å². The Hall–Kier alpha value is -1.59. The summed E-state index contributed by atoms with van der Waals surface area (Å²) >= 11 is 5.99. The molecule has 0 aliphatic carbocycles. The summed E-state index contributed by atoms with van der Waals surface area (Å²) in [5, 5.41) is 5.56. The third-order valence-corrected chi connectivity index (χ3v) is 3.25. The maximum Gasteiger partial charge on any atom is 0.251 e. The molecule has 0 saturated carbocycles. The number of carbonyl (C=O) groups is 2. The molecule has 0 heterocycles. The number of benzene rings is 1. The molecular weight excluding hydrogens is 266 g/mol. The van der Waals surface area contributed by atoms with Crippen molar-refractivity contribution in [1.82, 2.24) is 5.32 Å². The quantitative estimate of drug-likeness (QED) is 0.785. The molecule has 0 aliphatic rings. The number of nitrogens with one attached hydrogen (secondary N) is 2. The van der Waals surface area contributed by atoms with Gasteiger partial charge in [-0.3, -0.25) is 9.59 Å². The highest BCUT2D eigenvalue weighted by Gasteiger charge is 2.18. The molecule has 0 bridgehead atoms. The average molecular weight is 284 g/mol. The molecule has 2 atom stereocenters. The number of rotatable bonds is 4. The van der Waals surface area contributed by atoms with Gasteiger partial charge in [-0.15, -0.1) is 0 Å². The van der Waals surface area contributed by atoms with Gasteiger partial charge in [0.2, 0.25) is 5.91 Å². The fraction of sp³-hybridized carbons (Fsp3) is 0.385. The predicted molar refractivity (Wildman–Crippen MR) is 76.3 cm³/mol. The highest BCUT2D eigenvalue weighted by atomic mass is 35.5. The Morgan fingerprint density at radius 1 is 1.32 bits per heavy atom.